The van der Waals surface area contributed by atoms with Crippen LogP contribution in [0.2, 0.25) is 0 Å². The van der Waals surface area contributed by atoms with Crippen molar-refractivity contribution in [2.75, 3.05) is 6.54 Å². The minimum absolute atomic E-state index is 0.175. The van der Waals surface area contributed by atoms with Crippen LogP contribution >= 0.6 is 0 Å². The molecule has 2 aromatic heterocycles. The van der Waals surface area contributed by atoms with Crippen molar-refractivity contribution in [3.8, 4) is 5.82 Å². The van der Waals surface area contributed by atoms with Crippen molar-refractivity contribution in [3.63, 3.8) is 0 Å². The highest BCUT2D eigenvalue weighted by Crippen LogP contribution is 2.27. The Morgan fingerprint density at radius 3 is 2.73 bits per heavy atom. The van der Waals surface area contributed by atoms with Crippen LogP contribution in [0.5, 0.6) is 0 Å². The van der Waals surface area contributed by atoms with Gasteiger partial charge in [0.15, 0.2) is 5.82 Å². The third-order valence-electron chi connectivity index (χ3n) is 3.95. The minimum atomic E-state index is -3.12. The second-order valence-corrected chi connectivity index (χ2v) is 7.68. The molecule has 0 aromatic carbocycles. The highest BCUT2D eigenvalue weighted by atomic mass is 32.2. The maximum Gasteiger partial charge on any atom is 0.214 e. The zero-order valence-corrected chi connectivity index (χ0v) is 13.6. The van der Waals surface area contributed by atoms with Crippen molar-refractivity contribution in [2.45, 2.75) is 38.4 Å². The van der Waals surface area contributed by atoms with Gasteiger partial charge >= 0.3 is 0 Å². The van der Waals surface area contributed by atoms with E-state index < -0.39 is 10.0 Å². The summed E-state index contributed by atoms with van der Waals surface area (Å²) in [6.07, 6.45) is 3.93. The van der Waals surface area contributed by atoms with Crippen LogP contribution in [0, 0.1) is 13.8 Å². The van der Waals surface area contributed by atoms with Crippen molar-refractivity contribution in [1.29, 1.82) is 0 Å². The summed E-state index contributed by atoms with van der Waals surface area (Å²) >= 11 is 0. The van der Waals surface area contributed by atoms with Gasteiger partial charge in [-0.1, -0.05) is 6.07 Å². The maximum absolute atomic E-state index is 11.8. The van der Waals surface area contributed by atoms with Gasteiger partial charge in [-0.15, -0.1) is 0 Å². The summed E-state index contributed by atoms with van der Waals surface area (Å²) in [6, 6.07) is 5.68. The van der Waals surface area contributed by atoms with E-state index in [0.717, 1.165) is 35.6 Å². The topological polar surface area (TPSA) is 76.9 Å². The molecular weight excluding hydrogens is 300 g/mol. The number of rotatable bonds is 6. The van der Waals surface area contributed by atoms with Gasteiger partial charge in [-0.05, 0) is 50.8 Å². The van der Waals surface area contributed by atoms with E-state index in [1.165, 1.54) is 0 Å². The second kappa shape index (κ2) is 5.81. The van der Waals surface area contributed by atoms with Gasteiger partial charge in [0.1, 0.15) is 0 Å². The van der Waals surface area contributed by atoms with E-state index in [0.29, 0.717) is 13.0 Å². The summed E-state index contributed by atoms with van der Waals surface area (Å²) < 4.78 is 28.2. The fourth-order valence-electron chi connectivity index (χ4n) is 2.55. The molecule has 1 fully saturated rings. The summed E-state index contributed by atoms with van der Waals surface area (Å²) in [6.45, 7) is 4.34. The van der Waals surface area contributed by atoms with Gasteiger partial charge in [0.25, 0.3) is 0 Å². The third-order valence-corrected chi connectivity index (χ3v) is 5.90. The molecule has 0 saturated heterocycles. The zero-order valence-electron chi connectivity index (χ0n) is 12.8. The van der Waals surface area contributed by atoms with Crippen LogP contribution < -0.4 is 4.72 Å². The van der Waals surface area contributed by atoms with Gasteiger partial charge in [-0.3, -0.25) is 0 Å². The lowest BCUT2D eigenvalue weighted by molar-refractivity contribution is 0.580. The standard InChI is InChI=1S/C15H20N4O2S/c1-11-14(8-10-17-22(20,21)13-6-7-13)12(2)19(18-11)15-5-3-4-9-16-15/h3-5,9,13,17H,6-8,10H2,1-2H3. The van der Waals surface area contributed by atoms with Crippen LogP contribution in [0.4, 0.5) is 0 Å². The number of nitrogens with zero attached hydrogens (tertiary/aromatic N) is 3. The van der Waals surface area contributed by atoms with Crippen molar-refractivity contribution in [2.24, 2.45) is 0 Å². The molecule has 3 rings (SSSR count). The lowest BCUT2D eigenvalue weighted by Crippen LogP contribution is -2.29. The van der Waals surface area contributed by atoms with Gasteiger partial charge in [0.05, 0.1) is 10.9 Å². The van der Waals surface area contributed by atoms with Crippen molar-refractivity contribution in [1.82, 2.24) is 19.5 Å². The molecule has 6 nitrogen and oxygen atoms in total. The SMILES string of the molecule is Cc1nn(-c2ccccn2)c(C)c1CCNS(=O)(=O)C1CC1. The number of aryl methyl sites for hydroxylation is 1. The largest absolute Gasteiger partial charge is 0.237 e. The molecule has 0 bridgehead atoms. The highest BCUT2D eigenvalue weighted by Gasteiger charge is 2.35. The molecular formula is C15H20N4O2S. The molecule has 2 heterocycles. The molecule has 22 heavy (non-hydrogen) atoms. The van der Waals surface area contributed by atoms with E-state index >= 15 is 0 Å². The van der Waals surface area contributed by atoms with Crippen LogP contribution in [0.25, 0.3) is 5.82 Å². The van der Waals surface area contributed by atoms with Crippen LogP contribution in [0.15, 0.2) is 24.4 Å². The normalized spacial score (nSPS) is 15.2. The third kappa shape index (κ3) is 3.05. The first-order chi connectivity index (χ1) is 10.5. The quantitative estimate of drug-likeness (QED) is 0.875. The number of nitrogens with one attached hydrogen (secondary N) is 1. The molecule has 0 unspecified atom stereocenters. The predicted molar refractivity (Wildman–Crippen MR) is 84.5 cm³/mol. The minimum Gasteiger partial charge on any atom is -0.237 e. The van der Waals surface area contributed by atoms with Gasteiger partial charge in [-0.2, -0.15) is 5.10 Å². The lowest BCUT2D eigenvalue weighted by atomic mass is 10.1. The van der Waals surface area contributed by atoms with E-state index in [1.807, 2.05) is 32.0 Å². The first-order valence-corrected chi connectivity index (χ1v) is 8.98. The van der Waals surface area contributed by atoms with E-state index in [-0.39, 0.29) is 5.25 Å². The molecule has 0 atom stereocenters. The Morgan fingerprint density at radius 1 is 1.32 bits per heavy atom. The van der Waals surface area contributed by atoms with E-state index in [4.69, 9.17) is 0 Å². The summed E-state index contributed by atoms with van der Waals surface area (Å²) in [5.41, 5.74) is 2.99. The Kier molecular flexibility index (Phi) is 4.01. The molecule has 118 valence electrons. The Balaban J connectivity index is 1.73. The second-order valence-electron chi connectivity index (χ2n) is 5.64. The Hall–Kier alpha value is -1.73. The molecule has 0 spiro atoms. The fourth-order valence-corrected chi connectivity index (χ4v) is 3.93. The Labute approximate surface area is 130 Å². The number of hydrogen-bond donors (Lipinski definition) is 1. The van der Waals surface area contributed by atoms with Crippen LogP contribution in [-0.4, -0.2) is 35.0 Å². The van der Waals surface area contributed by atoms with E-state index in [2.05, 4.69) is 14.8 Å². The van der Waals surface area contributed by atoms with Gasteiger partial charge in [0.2, 0.25) is 10.0 Å². The Bertz CT molecular complexity index is 764. The smallest absolute Gasteiger partial charge is 0.214 e. The van der Waals surface area contributed by atoms with Crippen LogP contribution in [-0.2, 0) is 16.4 Å². The summed E-state index contributed by atoms with van der Waals surface area (Å²) in [5.74, 6) is 0.771. The molecule has 1 N–H and O–H groups in total. The van der Waals surface area contributed by atoms with Crippen molar-refractivity contribution >= 4 is 10.0 Å². The molecule has 0 aliphatic heterocycles. The summed E-state index contributed by atoms with van der Waals surface area (Å²) in [5, 5.41) is 4.34. The number of pyridine rings is 1. The number of hydrogen-bond acceptors (Lipinski definition) is 4. The molecule has 1 saturated carbocycles. The average Bonchev–Trinajstić information content (AvgIpc) is 3.31. The first-order valence-electron chi connectivity index (χ1n) is 7.44. The first kappa shape index (κ1) is 15.2. The molecule has 0 radical (unpaired) electrons. The summed E-state index contributed by atoms with van der Waals surface area (Å²) in [7, 11) is -3.12. The van der Waals surface area contributed by atoms with E-state index in [1.54, 1.807) is 10.9 Å². The number of sulfonamides is 1. The van der Waals surface area contributed by atoms with Crippen LogP contribution in [0.3, 0.4) is 0 Å². The molecule has 1 aliphatic carbocycles. The van der Waals surface area contributed by atoms with Crippen LogP contribution in [0.1, 0.15) is 29.8 Å². The molecule has 2 aromatic rings. The predicted octanol–water partition coefficient (Wildman–Crippen LogP) is 1.51. The van der Waals surface area contributed by atoms with Gasteiger partial charge in [0, 0.05) is 18.4 Å². The Morgan fingerprint density at radius 2 is 2.09 bits per heavy atom. The molecule has 7 heteroatoms. The monoisotopic (exact) mass is 320 g/mol. The van der Waals surface area contributed by atoms with Gasteiger partial charge in [-0.25, -0.2) is 22.8 Å². The molecule has 1 aliphatic rings. The van der Waals surface area contributed by atoms with E-state index in [9.17, 15) is 8.42 Å². The van der Waals surface area contributed by atoms with Gasteiger partial charge < -0.3 is 0 Å². The zero-order chi connectivity index (χ0) is 15.7. The average molecular weight is 320 g/mol. The fraction of sp³-hybridized carbons (Fsp3) is 0.467. The molecule has 0 amide bonds. The van der Waals surface area contributed by atoms with Crippen molar-refractivity contribution < 1.29 is 8.42 Å². The van der Waals surface area contributed by atoms with Crippen molar-refractivity contribution in [3.05, 3.63) is 41.3 Å². The highest BCUT2D eigenvalue weighted by molar-refractivity contribution is 7.90. The number of aromatic nitrogens is 3. The maximum atomic E-state index is 11.8. The lowest BCUT2D eigenvalue weighted by Gasteiger charge is -2.06. The summed E-state index contributed by atoms with van der Waals surface area (Å²) in [4.78, 5) is 4.30.